The van der Waals surface area contributed by atoms with Gasteiger partial charge in [-0.1, -0.05) is 84.0 Å². The molecule has 0 spiro atoms. The summed E-state index contributed by atoms with van der Waals surface area (Å²) in [7, 11) is 0. The Morgan fingerprint density at radius 1 is 0.605 bits per heavy atom. The lowest BCUT2D eigenvalue weighted by molar-refractivity contribution is 0.568. The summed E-state index contributed by atoms with van der Waals surface area (Å²) < 4.78 is 3.91. The van der Waals surface area contributed by atoms with Crippen LogP contribution >= 0.6 is 0 Å². The number of anilines is 3. The van der Waals surface area contributed by atoms with Crippen molar-refractivity contribution in [1.29, 1.82) is 0 Å². The molecule has 5 nitrogen and oxygen atoms in total. The van der Waals surface area contributed by atoms with Crippen molar-refractivity contribution in [3.8, 4) is 11.4 Å². The van der Waals surface area contributed by atoms with E-state index in [0.29, 0.717) is 0 Å². The van der Waals surface area contributed by atoms with Gasteiger partial charge in [0.25, 0.3) is 0 Å². The molecular formula is C33H37N5. The summed E-state index contributed by atoms with van der Waals surface area (Å²) >= 11 is 0. The maximum absolute atomic E-state index is 5.09. The lowest BCUT2D eigenvalue weighted by Gasteiger charge is -2.29. The van der Waals surface area contributed by atoms with Crippen LogP contribution in [-0.2, 0) is 10.8 Å². The van der Waals surface area contributed by atoms with Crippen LogP contribution in [0.15, 0.2) is 97.2 Å². The molecule has 194 valence electrons. The van der Waals surface area contributed by atoms with E-state index in [2.05, 4.69) is 108 Å². The van der Waals surface area contributed by atoms with Crippen LogP contribution in [0, 0.1) is 6.92 Å². The van der Waals surface area contributed by atoms with E-state index in [9.17, 15) is 0 Å². The van der Waals surface area contributed by atoms with Crippen molar-refractivity contribution in [2.75, 3.05) is 4.90 Å². The number of hydrogen-bond donors (Lipinski definition) is 0. The highest BCUT2D eigenvalue weighted by Crippen LogP contribution is 2.39. The number of benzene rings is 3. The van der Waals surface area contributed by atoms with Gasteiger partial charge in [0.2, 0.25) is 0 Å². The van der Waals surface area contributed by atoms with Gasteiger partial charge in [-0.25, -0.2) is 9.36 Å². The van der Waals surface area contributed by atoms with Crippen molar-refractivity contribution < 1.29 is 0 Å². The Balaban J connectivity index is 1.72. The molecule has 0 radical (unpaired) electrons. The molecule has 5 aromatic rings. The molecule has 5 rings (SSSR count). The average Bonchev–Trinajstić information content (AvgIpc) is 3.51. The minimum absolute atomic E-state index is 0.00953. The second-order valence-corrected chi connectivity index (χ2v) is 11.9. The van der Waals surface area contributed by atoms with Gasteiger partial charge in [0.15, 0.2) is 11.6 Å². The molecule has 0 saturated heterocycles. The number of hydrogen-bond acceptors (Lipinski definition) is 3. The summed E-state index contributed by atoms with van der Waals surface area (Å²) in [4.78, 5) is 2.18. The van der Waals surface area contributed by atoms with Crippen molar-refractivity contribution in [2.24, 2.45) is 0 Å². The molecule has 0 aliphatic carbocycles. The third-order valence-corrected chi connectivity index (χ3v) is 6.84. The molecule has 0 N–H and O–H groups in total. The van der Waals surface area contributed by atoms with Crippen LogP contribution in [0.5, 0.6) is 0 Å². The molecule has 0 amide bonds. The smallest absolute Gasteiger partial charge is 0.161 e. The molecule has 3 aromatic carbocycles. The predicted molar refractivity (Wildman–Crippen MR) is 158 cm³/mol. The van der Waals surface area contributed by atoms with E-state index in [4.69, 9.17) is 10.2 Å². The third kappa shape index (κ3) is 5.14. The second kappa shape index (κ2) is 9.64. The predicted octanol–water partition coefficient (Wildman–Crippen LogP) is 8.43. The van der Waals surface area contributed by atoms with Gasteiger partial charge in [0.1, 0.15) is 0 Å². The summed E-state index contributed by atoms with van der Waals surface area (Å²) in [6, 6.07) is 31.6. The number of para-hydroxylation sites is 2. The number of nitrogens with zero attached hydrogens (tertiary/aromatic N) is 5. The summed E-state index contributed by atoms with van der Waals surface area (Å²) in [6.45, 7) is 15.7. The minimum atomic E-state index is -0.00953. The van der Waals surface area contributed by atoms with Crippen molar-refractivity contribution in [3.63, 3.8) is 0 Å². The average molecular weight is 504 g/mol. The zero-order chi connectivity index (χ0) is 27.1. The number of aryl methyl sites for hydroxylation is 1. The number of aromatic nitrogens is 4. The Morgan fingerprint density at radius 3 is 1.71 bits per heavy atom. The summed E-state index contributed by atoms with van der Waals surface area (Å²) in [5, 5.41) is 10.1. The zero-order valence-corrected chi connectivity index (χ0v) is 23.5. The van der Waals surface area contributed by atoms with Crippen LogP contribution in [0.25, 0.3) is 11.4 Å². The highest BCUT2D eigenvalue weighted by Gasteiger charge is 2.26. The first-order valence-electron chi connectivity index (χ1n) is 13.2. The lowest BCUT2D eigenvalue weighted by Crippen LogP contribution is -2.19. The Morgan fingerprint density at radius 2 is 1.16 bits per heavy atom. The summed E-state index contributed by atoms with van der Waals surface area (Å²) in [6.07, 6.45) is 2.01. The highest BCUT2D eigenvalue weighted by molar-refractivity contribution is 5.74. The van der Waals surface area contributed by atoms with Crippen LogP contribution in [0.3, 0.4) is 0 Å². The quantitative estimate of drug-likeness (QED) is 0.242. The van der Waals surface area contributed by atoms with E-state index >= 15 is 0 Å². The van der Waals surface area contributed by atoms with Gasteiger partial charge in [-0.3, -0.25) is 4.90 Å². The van der Waals surface area contributed by atoms with Gasteiger partial charge in [-0.2, -0.15) is 0 Å². The molecule has 0 aliphatic heterocycles. The van der Waals surface area contributed by atoms with Crippen LogP contribution < -0.4 is 4.90 Å². The summed E-state index contributed by atoms with van der Waals surface area (Å²) in [5.41, 5.74) is 6.71. The fraction of sp³-hybridized carbons (Fsp3) is 0.273. The molecule has 0 bridgehead atoms. The standard InChI is InChI=1S/C33H37N5/c1-24-20-31(35-38(24)28-16-12-9-13-17-28)37(30-18-19-36(34-30)27-14-10-8-11-15-27)29-22-25(32(2,3)4)21-26(23-29)33(5,6)7/h8-23H,1-7H3. The lowest BCUT2D eigenvalue weighted by atomic mass is 9.80. The third-order valence-electron chi connectivity index (χ3n) is 6.84. The van der Waals surface area contributed by atoms with E-state index in [-0.39, 0.29) is 10.8 Å². The normalized spacial score (nSPS) is 12.1. The van der Waals surface area contributed by atoms with Gasteiger partial charge in [0, 0.05) is 29.7 Å². The molecule has 2 heterocycles. The van der Waals surface area contributed by atoms with Crippen molar-refractivity contribution in [3.05, 3.63) is 114 Å². The first-order chi connectivity index (χ1) is 18.0. The molecule has 0 fully saturated rings. The SMILES string of the molecule is Cc1cc(N(c2cc(C(C)(C)C)cc(C(C)(C)C)c2)c2ccn(-c3ccccc3)n2)nn1-c1ccccc1. The second-order valence-electron chi connectivity index (χ2n) is 11.9. The minimum Gasteiger partial charge on any atom is -0.276 e. The van der Waals surface area contributed by atoms with Gasteiger partial charge < -0.3 is 0 Å². The maximum atomic E-state index is 5.09. The molecule has 0 saturated carbocycles. The molecule has 0 aliphatic rings. The molecule has 5 heteroatoms. The van der Waals surface area contributed by atoms with Crippen LogP contribution in [0.2, 0.25) is 0 Å². The Labute approximate surface area is 226 Å². The molecule has 38 heavy (non-hydrogen) atoms. The fourth-order valence-corrected chi connectivity index (χ4v) is 4.54. The number of rotatable bonds is 5. The van der Waals surface area contributed by atoms with E-state index in [0.717, 1.165) is 34.4 Å². The van der Waals surface area contributed by atoms with Crippen LogP contribution in [0.1, 0.15) is 58.4 Å². The van der Waals surface area contributed by atoms with Crippen LogP contribution in [0.4, 0.5) is 17.3 Å². The monoisotopic (exact) mass is 503 g/mol. The molecular weight excluding hydrogens is 466 g/mol. The van der Waals surface area contributed by atoms with E-state index in [1.165, 1.54) is 11.1 Å². The Hall–Kier alpha value is -4.12. The maximum Gasteiger partial charge on any atom is 0.161 e. The van der Waals surface area contributed by atoms with Crippen molar-refractivity contribution in [2.45, 2.75) is 59.3 Å². The van der Waals surface area contributed by atoms with Gasteiger partial charge in [0.05, 0.1) is 11.4 Å². The van der Waals surface area contributed by atoms with Crippen molar-refractivity contribution >= 4 is 17.3 Å². The fourth-order valence-electron chi connectivity index (χ4n) is 4.54. The van der Waals surface area contributed by atoms with Crippen LogP contribution in [-0.4, -0.2) is 19.6 Å². The molecule has 2 aromatic heterocycles. The van der Waals surface area contributed by atoms with E-state index in [1.807, 2.05) is 52.0 Å². The first-order valence-corrected chi connectivity index (χ1v) is 13.2. The van der Waals surface area contributed by atoms with Gasteiger partial charge >= 0.3 is 0 Å². The van der Waals surface area contributed by atoms with Gasteiger partial charge in [-0.15, -0.1) is 10.2 Å². The zero-order valence-electron chi connectivity index (χ0n) is 23.5. The van der Waals surface area contributed by atoms with E-state index in [1.54, 1.807) is 0 Å². The molecule has 0 atom stereocenters. The van der Waals surface area contributed by atoms with Crippen molar-refractivity contribution in [1.82, 2.24) is 19.6 Å². The Kier molecular flexibility index (Phi) is 6.47. The highest BCUT2D eigenvalue weighted by atomic mass is 15.4. The summed E-state index contributed by atoms with van der Waals surface area (Å²) in [5.74, 6) is 1.65. The molecule has 0 unspecified atom stereocenters. The largest absolute Gasteiger partial charge is 0.276 e. The van der Waals surface area contributed by atoms with Gasteiger partial charge in [-0.05, 0) is 65.3 Å². The first kappa shape index (κ1) is 25.5. The topological polar surface area (TPSA) is 38.9 Å². The van der Waals surface area contributed by atoms with E-state index < -0.39 is 0 Å². The Bertz CT molecular complexity index is 1500.